The number of benzene rings is 1. The van der Waals surface area contributed by atoms with Crippen LogP contribution in [-0.4, -0.2) is 37.4 Å². The quantitative estimate of drug-likeness (QED) is 0.605. The maximum absolute atomic E-state index is 12.5. The van der Waals surface area contributed by atoms with Crippen molar-refractivity contribution >= 4 is 11.9 Å². The summed E-state index contributed by atoms with van der Waals surface area (Å²) in [7, 11) is 0. The van der Waals surface area contributed by atoms with Gasteiger partial charge >= 0.3 is 6.03 Å². The molecule has 3 amide bonds. The summed E-state index contributed by atoms with van der Waals surface area (Å²) in [6.45, 7) is 5.27. The molecule has 0 atom stereocenters. The van der Waals surface area contributed by atoms with Crippen LogP contribution in [0.5, 0.6) is 11.5 Å². The molecule has 7 nitrogen and oxygen atoms in total. The van der Waals surface area contributed by atoms with Crippen LogP contribution >= 0.6 is 0 Å². The Bertz CT molecular complexity index is 862. The smallest absolute Gasteiger partial charge is 0.315 e. The summed E-state index contributed by atoms with van der Waals surface area (Å²) in [6, 6.07) is 5.77. The van der Waals surface area contributed by atoms with Crippen molar-refractivity contribution in [2.45, 2.75) is 69.7 Å². The summed E-state index contributed by atoms with van der Waals surface area (Å²) in [5, 5.41) is 9.20. The zero-order chi connectivity index (χ0) is 22.3. The summed E-state index contributed by atoms with van der Waals surface area (Å²) in [5.41, 5.74) is 0.825. The maximum atomic E-state index is 12.5. The van der Waals surface area contributed by atoms with Crippen molar-refractivity contribution in [3.8, 4) is 11.5 Å². The monoisotopic (exact) mass is 441 g/mol. The van der Waals surface area contributed by atoms with Gasteiger partial charge in [-0.1, -0.05) is 19.9 Å². The van der Waals surface area contributed by atoms with E-state index in [-0.39, 0.29) is 36.1 Å². The van der Waals surface area contributed by atoms with E-state index in [9.17, 15) is 9.59 Å². The highest BCUT2D eigenvalue weighted by Crippen LogP contribution is 2.55. The standard InChI is InChI=1S/C25H35N3O4/c1-24(2,19-3-4-20-21(10-19)32-15-31-20)14-27-22(29)5-6-26-23(30)28-25-11-16-7-17(12-25)9-18(8-16)13-25/h3-4,10,16-18H,5-9,11-15H2,1-2H3,(H,27,29)(H2,26,28,30). The molecule has 1 aromatic carbocycles. The van der Waals surface area contributed by atoms with Crippen molar-refractivity contribution in [1.82, 2.24) is 16.0 Å². The third-order valence-corrected chi connectivity index (χ3v) is 7.94. The molecule has 0 spiro atoms. The number of carbonyl (C=O) groups excluding carboxylic acids is 2. The first-order valence-corrected chi connectivity index (χ1v) is 12.0. The highest BCUT2D eigenvalue weighted by Gasteiger charge is 2.51. The molecule has 1 aromatic rings. The molecule has 1 heterocycles. The zero-order valence-electron chi connectivity index (χ0n) is 19.2. The van der Waals surface area contributed by atoms with E-state index >= 15 is 0 Å². The molecule has 7 heteroatoms. The second-order valence-electron chi connectivity index (χ2n) is 11.1. The lowest BCUT2D eigenvalue weighted by Crippen LogP contribution is -2.61. The molecule has 0 aromatic heterocycles. The Morgan fingerprint density at radius 3 is 2.34 bits per heavy atom. The molecule has 174 valence electrons. The molecule has 1 aliphatic heterocycles. The Morgan fingerprint density at radius 1 is 1.00 bits per heavy atom. The van der Waals surface area contributed by atoms with Gasteiger partial charge in [0.15, 0.2) is 11.5 Å². The van der Waals surface area contributed by atoms with E-state index in [2.05, 4.69) is 29.8 Å². The van der Waals surface area contributed by atoms with Gasteiger partial charge in [-0.2, -0.15) is 0 Å². The lowest BCUT2D eigenvalue weighted by molar-refractivity contribution is -0.121. The van der Waals surface area contributed by atoms with Crippen molar-refractivity contribution in [2.24, 2.45) is 17.8 Å². The fourth-order valence-corrected chi connectivity index (χ4v) is 6.67. The average molecular weight is 442 g/mol. The molecule has 0 saturated heterocycles. The molecule has 5 aliphatic rings. The lowest BCUT2D eigenvalue weighted by atomic mass is 9.53. The summed E-state index contributed by atoms with van der Waals surface area (Å²) >= 11 is 0. The fourth-order valence-electron chi connectivity index (χ4n) is 6.67. The van der Waals surface area contributed by atoms with Crippen molar-refractivity contribution in [3.05, 3.63) is 23.8 Å². The first-order chi connectivity index (χ1) is 15.3. The van der Waals surface area contributed by atoms with E-state index in [4.69, 9.17) is 9.47 Å². The highest BCUT2D eigenvalue weighted by molar-refractivity contribution is 5.78. The third-order valence-electron chi connectivity index (χ3n) is 7.94. The van der Waals surface area contributed by atoms with E-state index in [0.29, 0.717) is 13.1 Å². The van der Waals surface area contributed by atoms with Crippen LogP contribution in [0.2, 0.25) is 0 Å². The molecule has 4 bridgehead atoms. The third kappa shape index (κ3) is 4.39. The largest absolute Gasteiger partial charge is 0.454 e. The molecular formula is C25H35N3O4. The Hall–Kier alpha value is -2.44. The van der Waals surface area contributed by atoms with Gasteiger partial charge < -0.3 is 25.4 Å². The average Bonchev–Trinajstić information content (AvgIpc) is 3.19. The number of hydrogen-bond donors (Lipinski definition) is 3. The Kier molecular flexibility index (Phi) is 5.46. The number of fused-ring (bicyclic) bond motifs is 1. The highest BCUT2D eigenvalue weighted by atomic mass is 16.7. The van der Waals surface area contributed by atoms with E-state index in [1.54, 1.807) is 0 Å². The Balaban J connectivity index is 1.05. The van der Waals surface area contributed by atoms with Gasteiger partial charge in [0.25, 0.3) is 0 Å². The number of carbonyl (C=O) groups is 2. The van der Waals surface area contributed by atoms with E-state index < -0.39 is 0 Å². The first-order valence-electron chi connectivity index (χ1n) is 12.0. The number of nitrogens with one attached hydrogen (secondary N) is 3. The van der Waals surface area contributed by atoms with Crippen LogP contribution in [0.1, 0.15) is 64.4 Å². The van der Waals surface area contributed by atoms with Crippen LogP contribution in [-0.2, 0) is 10.2 Å². The molecule has 0 unspecified atom stereocenters. The second-order valence-corrected chi connectivity index (χ2v) is 11.1. The molecule has 4 saturated carbocycles. The number of urea groups is 1. The lowest BCUT2D eigenvalue weighted by Gasteiger charge is -2.56. The zero-order valence-corrected chi connectivity index (χ0v) is 19.2. The summed E-state index contributed by atoms with van der Waals surface area (Å²) in [4.78, 5) is 24.9. The summed E-state index contributed by atoms with van der Waals surface area (Å²) in [5.74, 6) is 3.82. The molecule has 4 aliphatic carbocycles. The Morgan fingerprint density at radius 2 is 1.66 bits per heavy atom. The van der Waals surface area contributed by atoms with Gasteiger partial charge in [0.2, 0.25) is 12.7 Å². The van der Waals surface area contributed by atoms with Crippen molar-refractivity contribution in [3.63, 3.8) is 0 Å². The summed E-state index contributed by atoms with van der Waals surface area (Å²) in [6.07, 6.45) is 7.71. The van der Waals surface area contributed by atoms with Gasteiger partial charge in [-0.05, 0) is 74.0 Å². The molecule has 6 rings (SSSR count). The maximum Gasteiger partial charge on any atom is 0.315 e. The van der Waals surface area contributed by atoms with Crippen LogP contribution in [0.25, 0.3) is 0 Å². The van der Waals surface area contributed by atoms with Crippen LogP contribution in [0.15, 0.2) is 18.2 Å². The van der Waals surface area contributed by atoms with E-state index in [1.165, 1.54) is 19.3 Å². The number of hydrogen-bond acceptors (Lipinski definition) is 4. The SMILES string of the molecule is CC(C)(CNC(=O)CCNC(=O)NC12CC3CC(CC(C3)C1)C2)c1ccc2c(c1)OCO2. The Labute approximate surface area is 190 Å². The van der Waals surface area contributed by atoms with E-state index in [1.807, 2.05) is 18.2 Å². The summed E-state index contributed by atoms with van der Waals surface area (Å²) < 4.78 is 10.8. The van der Waals surface area contributed by atoms with E-state index in [0.717, 1.165) is 54.1 Å². The normalized spacial score (nSPS) is 29.6. The van der Waals surface area contributed by atoms with Crippen LogP contribution < -0.4 is 25.4 Å². The minimum absolute atomic E-state index is 0.00424. The van der Waals surface area contributed by atoms with Crippen LogP contribution in [0.4, 0.5) is 4.79 Å². The van der Waals surface area contributed by atoms with Gasteiger partial charge in [-0.25, -0.2) is 4.79 Å². The second kappa shape index (κ2) is 8.16. The molecule has 4 fully saturated rings. The van der Waals surface area contributed by atoms with Gasteiger partial charge in [0, 0.05) is 30.5 Å². The minimum Gasteiger partial charge on any atom is -0.454 e. The molecular weight excluding hydrogens is 406 g/mol. The van der Waals surface area contributed by atoms with Crippen molar-refractivity contribution in [2.75, 3.05) is 19.9 Å². The number of rotatable bonds is 7. The first kappa shape index (κ1) is 21.4. The van der Waals surface area contributed by atoms with Crippen LogP contribution in [0, 0.1) is 17.8 Å². The molecule has 32 heavy (non-hydrogen) atoms. The molecule has 0 radical (unpaired) electrons. The molecule has 3 N–H and O–H groups in total. The van der Waals surface area contributed by atoms with Crippen molar-refractivity contribution < 1.29 is 19.1 Å². The van der Waals surface area contributed by atoms with Gasteiger partial charge in [-0.3, -0.25) is 4.79 Å². The fraction of sp³-hybridized carbons (Fsp3) is 0.680. The van der Waals surface area contributed by atoms with Gasteiger partial charge in [0.05, 0.1) is 0 Å². The van der Waals surface area contributed by atoms with Crippen LogP contribution in [0.3, 0.4) is 0 Å². The topological polar surface area (TPSA) is 88.7 Å². The number of amides is 3. The van der Waals surface area contributed by atoms with Gasteiger partial charge in [0.1, 0.15) is 0 Å². The number of ether oxygens (including phenoxy) is 2. The predicted molar refractivity (Wildman–Crippen MR) is 121 cm³/mol. The van der Waals surface area contributed by atoms with Crippen molar-refractivity contribution in [1.29, 1.82) is 0 Å². The van der Waals surface area contributed by atoms with Gasteiger partial charge in [-0.15, -0.1) is 0 Å². The predicted octanol–water partition coefficient (Wildman–Crippen LogP) is 3.47. The minimum atomic E-state index is -0.250.